The average molecular weight is 313 g/mol. The minimum Gasteiger partial charge on any atom is -0.344 e. The van der Waals surface area contributed by atoms with E-state index in [4.69, 9.17) is 0 Å². The Morgan fingerprint density at radius 2 is 1.71 bits per heavy atom. The predicted molar refractivity (Wildman–Crippen MR) is 88.8 cm³/mol. The van der Waals surface area contributed by atoms with Gasteiger partial charge in [-0.3, -0.25) is 4.79 Å². The molecule has 0 unspecified atom stereocenters. The molecule has 3 aromatic rings. The number of benzene rings is 1. The second-order valence-electron chi connectivity index (χ2n) is 4.68. The summed E-state index contributed by atoms with van der Waals surface area (Å²) in [7, 11) is 0. The molecule has 2 nitrogen and oxygen atoms in total. The zero-order valence-corrected chi connectivity index (χ0v) is 13.0. The third kappa shape index (κ3) is 3.60. The van der Waals surface area contributed by atoms with Crippen molar-refractivity contribution in [2.75, 3.05) is 0 Å². The topological polar surface area (TPSA) is 29.1 Å². The first-order valence-electron chi connectivity index (χ1n) is 6.73. The molecule has 2 aromatic heterocycles. The van der Waals surface area contributed by atoms with Crippen LogP contribution in [0.15, 0.2) is 65.4 Å². The molecule has 1 N–H and O–H groups in total. The molecule has 2 heterocycles. The van der Waals surface area contributed by atoms with E-state index >= 15 is 0 Å². The molecule has 4 heteroatoms. The minimum absolute atomic E-state index is 0.0553. The summed E-state index contributed by atoms with van der Waals surface area (Å²) < 4.78 is 0. The van der Waals surface area contributed by atoms with E-state index in [2.05, 4.69) is 23.5 Å². The van der Waals surface area contributed by atoms with Gasteiger partial charge >= 0.3 is 0 Å². The summed E-state index contributed by atoms with van der Waals surface area (Å²) in [4.78, 5) is 14.5. The van der Waals surface area contributed by atoms with E-state index in [0.29, 0.717) is 6.42 Å². The van der Waals surface area contributed by atoms with Gasteiger partial charge in [-0.1, -0.05) is 42.5 Å². The van der Waals surface area contributed by atoms with Gasteiger partial charge in [0.2, 0.25) is 5.91 Å². The van der Waals surface area contributed by atoms with Gasteiger partial charge in [-0.2, -0.15) is 0 Å². The number of hydrogen-bond acceptors (Lipinski definition) is 3. The maximum Gasteiger partial charge on any atom is 0.226 e. The quantitative estimate of drug-likeness (QED) is 0.749. The Labute approximate surface area is 132 Å². The summed E-state index contributed by atoms with van der Waals surface area (Å²) in [5.74, 6) is 0.0553. The Kier molecular flexibility index (Phi) is 4.48. The van der Waals surface area contributed by atoms with E-state index < -0.39 is 0 Å². The summed E-state index contributed by atoms with van der Waals surface area (Å²) in [5, 5.41) is 7.19. The molecule has 0 aliphatic carbocycles. The van der Waals surface area contributed by atoms with Crippen LogP contribution in [0, 0.1) is 0 Å². The van der Waals surface area contributed by atoms with Crippen LogP contribution in [0.1, 0.15) is 21.4 Å². The SMILES string of the molecule is O=C(Cc1cccs1)N[C@@H](c1ccccc1)c1cccs1. The highest BCUT2D eigenvalue weighted by atomic mass is 32.1. The van der Waals surface area contributed by atoms with Crippen molar-refractivity contribution in [2.45, 2.75) is 12.5 Å². The molecule has 0 radical (unpaired) electrons. The summed E-state index contributed by atoms with van der Waals surface area (Å²) in [6, 6.07) is 18.1. The molecule has 0 bridgehead atoms. The predicted octanol–water partition coefficient (Wildman–Crippen LogP) is 4.26. The zero-order valence-electron chi connectivity index (χ0n) is 11.4. The van der Waals surface area contributed by atoms with Crippen LogP contribution in [0.5, 0.6) is 0 Å². The van der Waals surface area contributed by atoms with Gasteiger partial charge in [0.1, 0.15) is 0 Å². The van der Waals surface area contributed by atoms with E-state index in [1.807, 2.05) is 47.2 Å². The van der Waals surface area contributed by atoms with Crippen molar-refractivity contribution in [1.29, 1.82) is 0 Å². The van der Waals surface area contributed by atoms with Gasteiger partial charge in [0.25, 0.3) is 0 Å². The molecule has 1 amide bonds. The third-order valence-corrected chi connectivity index (χ3v) is 4.99. The maximum atomic E-state index is 12.3. The Balaban J connectivity index is 1.78. The second kappa shape index (κ2) is 6.70. The Morgan fingerprint density at radius 3 is 2.38 bits per heavy atom. The van der Waals surface area contributed by atoms with Crippen LogP contribution in [-0.4, -0.2) is 5.91 Å². The van der Waals surface area contributed by atoms with Crippen molar-refractivity contribution in [1.82, 2.24) is 5.32 Å². The van der Waals surface area contributed by atoms with Crippen LogP contribution < -0.4 is 5.32 Å². The Bertz CT molecular complexity index is 675. The fourth-order valence-electron chi connectivity index (χ4n) is 2.20. The van der Waals surface area contributed by atoms with E-state index in [1.165, 1.54) is 0 Å². The molecular weight excluding hydrogens is 298 g/mol. The monoisotopic (exact) mass is 313 g/mol. The van der Waals surface area contributed by atoms with Crippen LogP contribution >= 0.6 is 22.7 Å². The normalized spacial score (nSPS) is 12.0. The summed E-state index contributed by atoms with van der Waals surface area (Å²) in [5.41, 5.74) is 1.11. The van der Waals surface area contributed by atoms with Crippen LogP contribution in [0.2, 0.25) is 0 Å². The highest BCUT2D eigenvalue weighted by Crippen LogP contribution is 2.26. The van der Waals surface area contributed by atoms with Gasteiger partial charge in [-0.25, -0.2) is 0 Å². The van der Waals surface area contributed by atoms with E-state index in [0.717, 1.165) is 15.3 Å². The molecule has 21 heavy (non-hydrogen) atoms. The van der Waals surface area contributed by atoms with Crippen molar-refractivity contribution in [3.63, 3.8) is 0 Å². The standard InChI is InChI=1S/C17H15NOS2/c19-16(12-14-8-4-10-20-14)18-17(15-9-5-11-21-15)13-6-2-1-3-7-13/h1-11,17H,12H2,(H,18,19)/t17-/m0/s1. The molecule has 0 saturated heterocycles. The van der Waals surface area contributed by atoms with E-state index in [1.54, 1.807) is 22.7 Å². The minimum atomic E-state index is -0.0707. The van der Waals surface area contributed by atoms with E-state index in [9.17, 15) is 4.79 Å². The van der Waals surface area contributed by atoms with Gasteiger partial charge in [0.15, 0.2) is 0 Å². The van der Waals surface area contributed by atoms with Gasteiger partial charge in [-0.15, -0.1) is 22.7 Å². The van der Waals surface area contributed by atoms with Crippen LogP contribution in [-0.2, 0) is 11.2 Å². The molecule has 1 atom stereocenters. The molecule has 3 rings (SSSR count). The zero-order chi connectivity index (χ0) is 14.5. The highest BCUT2D eigenvalue weighted by molar-refractivity contribution is 7.10. The smallest absolute Gasteiger partial charge is 0.226 e. The number of nitrogens with one attached hydrogen (secondary N) is 1. The molecule has 1 aromatic carbocycles. The largest absolute Gasteiger partial charge is 0.344 e. The van der Waals surface area contributed by atoms with Crippen molar-refractivity contribution in [3.8, 4) is 0 Å². The fourth-order valence-corrected chi connectivity index (χ4v) is 3.71. The summed E-state index contributed by atoms with van der Waals surface area (Å²) in [6.07, 6.45) is 0.437. The molecule has 0 aliphatic rings. The third-order valence-electron chi connectivity index (χ3n) is 3.18. The van der Waals surface area contributed by atoms with Gasteiger partial charge in [-0.05, 0) is 28.5 Å². The lowest BCUT2D eigenvalue weighted by atomic mass is 10.1. The Hall–Kier alpha value is -1.91. The number of amides is 1. The van der Waals surface area contributed by atoms with Crippen molar-refractivity contribution < 1.29 is 4.79 Å². The summed E-state index contributed by atoms with van der Waals surface area (Å²) in [6.45, 7) is 0. The number of rotatable bonds is 5. The van der Waals surface area contributed by atoms with Crippen molar-refractivity contribution >= 4 is 28.6 Å². The first-order chi connectivity index (χ1) is 10.3. The average Bonchev–Trinajstić information content (AvgIpc) is 3.19. The lowest BCUT2D eigenvalue weighted by Crippen LogP contribution is -2.29. The molecule has 106 valence electrons. The lowest BCUT2D eigenvalue weighted by Gasteiger charge is -2.18. The maximum absolute atomic E-state index is 12.3. The second-order valence-corrected chi connectivity index (χ2v) is 6.69. The highest BCUT2D eigenvalue weighted by Gasteiger charge is 2.17. The van der Waals surface area contributed by atoms with E-state index in [-0.39, 0.29) is 11.9 Å². The van der Waals surface area contributed by atoms with Crippen LogP contribution in [0.25, 0.3) is 0 Å². The first-order valence-corrected chi connectivity index (χ1v) is 8.49. The van der Waals surface area contributed by atoms with Crippen molar-refractivity contribution in [3.05, 3.63) is 80.7 Å². The van der Waals surface area contributed by atoms with Gasteiger partial charge < -0.3 is 5.32 Å². The molecule has 0 fully saturated rings. The summed E-state index contributed by atoms with van der Waals surface area (Å²) >= 11 is 3.28. The molecule has 0 saturated carbocycles. The fraction of sp³-hybridized carbons (Fsp3) is 0.118. The van der Waals surface area contributed by atoms with Crippen LogP contribution in [0.3, 0.4) is 0 Å². The Morgan fingerprint density at radius 1 is 0.952 bits per heavy atom. The number of carbonyl (C=O) groups excluding carboxylic acids is 1. The number of hydrogen-bond donors (Lipinski definition) is 1. The lowest BCUT2D eigenvalue weighted by molar-refractivity contribution is -0.120. The van der Waals surface area contributed by atoms with Gasteiger partial charge in [0, 0.05) is 9.75 Å². The number of thiophene rings is 2. The molecule has 0 spiro atoms. The molecule has 0 aliphatic heterocycles. The van der Waals surface area contributed by atoms with Gasteiger partial charge in [0.05, 0.1) is 12.5 Å². The van der Waals surface area contributed by atoms with Crippen molar-refractivity contribution in [2.24, 2.45) is 0 Å². The van der Waals surface area contributed by atoms with Crippen LogP contribution in [0.4, 0.5) is 0 Å². The molecular formula is C17H15NOS2. The number of carbonyl (C=O) groups is 1. The first kappa shape index (κ1) is 14.0.